The molecule has 25 heavy (non-hydrogen) atoms. The molecule has 3 saturated carbocycles. The normalized spacial score (nSPS) is 37.6. The largest absolute Gasteiger partial charge is 0.299 e. The fourth-order valence-electron chi connectivity index (χ4n) is 5.90. The summed E-state index contributed by atoms with van der Waals surface area (Å²) in [5.74, 6) is 1.93. The molecule has 0 aliphatic heterocycles. The van der Waals surface area contributed by atoms with Crippen molar-refractivity contribution in [1.82, 2.24) is 0 Å². The molecular formula is C24H34O. The van der Waals surface area contributed by atoms with Crippen LogP contribution in [0.3, 0.4) is 0 Å². The van der Waals surface area contributed by atoms with Crippen molar-refractivity contribution < 1.29 is 4.79 Å². The summed E-state index contributed by atoms with van der Waals surface area (Å²) < 4.78 is 0. The van der Waals surface area contributed by atoms with Gasteiger partial charge in [0.05, 0.1) is 0 Å². The van der Waals surface area contributed by atoms with Gasteiger partial charge >= 0.3 is 0 Å². The molecule has 0 aromatic rings. The molecular weight excluding hydrogens is 304 g/mol. The van der Waals surface area contributed by atoms with Crippen molar-refractivity contribution in [2.24, 2.45) is 23.2 Å². The fourth-order valence-corrected chi connectivity index (χ4v) is 5.90. The van der Waals surface area contributed by atoms with E-state index in [0.29, 0.717) is 17.3 Å². The van der Waals surface area contributed by atoms with Crippen LogP contribution in [0.4, 0.5) is 0 Å². The predicted octanol–water partition coefficient (Wildman–Crippen LogP) is 6.58. The predicted molar refractivity (Wildman–Crippen MR) is 106 cm³/mol. The van der Waals surface area contributed by atoms with E-state index in [9.17, 15) is 4.79 Å². The Morgan fingerprint density at radius 2 is 1.92 bits per heavy atom. The maximum absolute atomic E-state index is 10.7. The third-order valence-corrected chi connectivity index (χ3v) is 7.29. The first-order valence-corrected chi connectivity index (χ1v) is 10.3. The van der Waals surface area contributed by atoms with Gasteiger partial charge in [0, 0.05) is 0 Å². The van der Waals surface area contributed by atoms with E-state index in [0.717, 1.165) is 12.2 Å². The van der Waals surface area contributed by atoms with Gasteiger partial charge in [-0.2, -0.15) is 0 Å². The van der Waals surface area contributed by atoms with E-state index in [1.54, 1.807) is 11.6 Å². The summed E-state index contributed by atoms with van der Waals surface area (Å²) in [6.45, 7) is 9.08. The molecule has 0 spiro atoms. The molecule has 3 rings (SSSR count). The topological polar surface area (TPSA) is 17.1 Å². The molecule has 136 valence electrons. The van der Waals surface area contributed by atoms with Crippen LogP contribution in [0, 0.1) is 23.2 Å². The van der Waals surface area contributed by atoms with Gasteiger partial charge in [0.2, 0.25) is 0 Å². The number of hydrogen-bond acceptors (Lipinski definition) is 1. The maximum Gasteiger partial charge on any atom is 0.142 e. The third-order valence-electron chi connectivity index (χ3n) is 7.29. The quantitative estimate of drug-likeness (QED) is 0.418. The number of rotatable bonds is 4. The molecule has 0 unspecified atom stereocenters. The molecule has 0 radical (unpaired) electrons. The minimum Gasteiger partial charge on any atom is -0.299 e. The highest BCUT2D eigenvalue weighted by molar-refractivity contribution is 5.64. The average Bonchev–Trinajstić information content (AvgIpc) is 2.96. The highest BCUT2D eigenvalue weighted by Gasteiger charge is 2.50. The summed E-state index contributed by atoms with van der Waals surface area (Å²) in [5, 5.41) is 0. The summed E-state index contributed by atoms with van der Waals surface area (Å²) in [5.41, 5.74) is 4.92. The molecule has 1 nitrogen and oxygen atoms in total. The zero-order chi connectivity index (χ0) is 17.9. The number of fused-ring (bicyclic) bond motifs is 1. The van der Waals surface area contributed by atoms with E-state index in [1.807, 2.05) is 0 Å². The van der Waals surface area contributed by atoms with Crippen LogP contribution >= 0.6 is 0 Å². The Morgan fingerprint density at radius 3 is 2.68 bits per heavy atom. The zero-order valence-electron chi connectivity index (χ0n) is 16.1. The summed E-state index contributed by atoms with van der Waals surface area (Å²) in [6.07, 6.45) is 21.1. The smallest absolute Gasteiger partial charge is 0.142 e. The van der Waals surface area contributed by atoms with E-state index >= 15 is 0 Å². The molecule has 0 saturated heterocycles. The summed E-state index contributed by atoms with van der Waals surface area (Å²) in [7, 11) is 0. The lowest BCUT2D eigenvalue weighted by Crippen LogP contribution is -2.35. The van der Waals surface area contributed by atoms with Crippen LogP contribution in [0.1, 0.15) is 71.6 Å². The minimum atomic E-state index is 0.402. The van der Waals surface area contributed by atoms with Gasteiger partial charge in [-0.1, -0.05) is 49.8 Å². The second-order valence-corrected chi connectivity index (χ2v) is 8.72. The molecule has 3 fully saturated rings. The fraction of sp³-hybridized carbons (Fsp3) is 0.625. The molecule has 0 heterocycles. The Kier molecular flexibility index (Phi) is 5.81. The molecule has 0 bridgehead atoms. The monoisotopic (exact) mass is 338 g/mol. The molecule has 3 aliphatic rings. The van der Waals surface area contributed by atoms with Crippen LogP contribution in [-0.2, 0) is 4.79 Å². The highest BCUT2D eigenvalue weighted by atomic mass is 16.1. The number of carbonyl (C=O) groups excluding carboxylic acids is 1. The SMILES string of the molecule is C=C1CCCCC1=CC=C1CCC[C@]2(C)[C@@H]([C@H](C)C=CC=O)CC[C@@H]12. The molecule has 0 N–H and O–H groups in total. The van der Waals surface area contributed by atoms with Gasteiger partial charge in [0.25, 0.3) is 0 Å². The van der Waals surface area contributed by atoms with Crippen LogP contribution in [0.2, 0.25) is 0 Å². The van der Waals surface area contributed by atoms with E-state index in [2.05, 4.69) is 38.7 Å². The standard InChI is InChI=1S/C24H34O/c1-18-8-4-5-10-20(18)12-13-21-11-6-16-24(3)22(14-15-23(21)24)19(2)9-7-17-25/h7,9,12-13,17,19,22-23H,1,4-6,8,10-11,14-16H2,2-3H3/t19-,22-,23+,24-/m1/s1. The number of allylic oxidation sites excluding steroid dienone is 7. The summed E-state index contributed by atoms with van der Waals surface area (Å²) in [4.78, 5) is 10.7. The van der Waals surface area contributed by atoms with Gasteiger partial charge in [-0.3, -0.25) is 4.79 Å². The Hall–Kier alpha value is -1.37. The van der Waals surface area contributed by atoms with Crippen molar-refractivity contribution in [2.75, 3.05) is 0 Å². The lowest BCUT2D eigenvalue weighted by molar-refractivity contribution is -0.104. The molecule has 0 aromatic carbocycles. The van der Waals surface area contributed by atoms with E-state index in [4.69, 9.17) is 0 Å². The van der Waals surface area contributed by atoms with E-state index in [1.165, 1.54) is 68.9 Å². The van der Waals surface area contributed by atoms with Crippen LogP contribution in [0.5, 0.6) is 0 Å². The maximum atomic E-state index is 10.7. The zero-order valence-corrected chi connectivity index (χ0v) is 16.1. The van der Waals surface area contributed by atoms with Crippen molar-refractivity contribution in [3.63, 3.8) is 0 Å². The highest BCUT2D eigenvalue weighted by Crippen LogP contribution is 2.59. The van der Waals surface area contributed by atoms with Gasteiger partial charge in [-0.05, 0) is 92.6 Å². The van der Waals surface area contributed by atoms with Gasteiger partial charge in [-0.15, -0.1) is 0 Å². The second kappa shape index (κ2) is 7.89. The molecule has 0 amide bonds. The van der Waals surface area contributed by atoms with Crippen LogP contribution in [0.15, 0.2) is 47.6 Å². The van der Waals surface area contributed by atoms with Gasteiger partial charge < -0.3 is 0 Å². The van der Waals surface area contributed by atoms with Crippen LogP contribution in [-0.4, -0.2) is 6.29 Å². The molecule has 1 heteroatoms. The average molecular weight is 339 g/mol. The first-order chi connectivity index (χ1) is 12.1. The molecule has 0 aromatic heterocycles. The first kappa shape index (κ1) is 18.4. The Labute approximate surface area is 154 Å². The number of aldehydes is 1. The first-order valence-electron chi connectivity index (χ1n) is 10.3. The van der Waals surface area contributed by atoms with E-state index < -0.39 is 0 Å². The Morgan fingerprint density at radius 1 is 1.12 bits per heavy atom. The van der Waals surface area contributed by atoms with Crippen molar-refractivity contribution >= 4 is 6.29 Å². The van der Waals surface area contributed by atoms with Gasteiger partial charge in [0.15, 0.2) is 0 Å². The lowest BCUT2D eigenvalue weighted by atomic mass is 9.61. The third kappa shape index (κ3) is 3.76. The minimum absolute atomic E-state index is 0.402. The Bertz CT molecular complexity index is 606. The second-order valence-electron chi connectivity index (χ2n) is 8.72. The number of carbonyl (C=O) groups is 1. The molecule has 3 aliphatic carbocycles. The van der Waals surface area contributed by atoms with Crippen molar-refractivity contribution in [3.05, 3.63) is 47.6 Å². The molecule has 4 atom stereocenters. The summed E-state index contributed by atoms with van der Waals surface area (Å²) in [6, 6.07) is 0. The van der Waals surface area contributed by atoms with E-state index in [-0.39, 0.29) is 0 Å². The van der Waals surface area contributed by atoms with Gasteiger partial charge in [0.1, 0.15) is 6.29 Å². The van der Waals surface area contributed by atoms with Crippen molar-refractivity contribution in [3.8, 4) is 0 Å². The van der Waals surface area contributed by atoms with Gasteiger partial charge in [-0.25, -0.2) is 0 Å². The van der Waals surface area contributed by atoms with Crippen LogP contribution in [0.25, 0.3) is 0 Å². The Balaban J connectivity index is 1.79. The number of hydrogen-bond donors (Lipinski definition) is 0. The van der Waals surface area contributed by atoms with Crippen molar-refractivity contribution in [1.29, 1.82) is 0 Å². The lowest BCUT2D eigenvalue weighted by Gasteiger charge is -2.44. The van der Waals surface area contributed by atoms with Crippen molar-refractivity contribution in [2.45, 2.75) is 71.6 Å². The van der Waals surface area contributed by atoms with Crippen LogP contribution < -0.4 is 0 Å². The summed E-state index contributed by atoms with van der Waals surface area (Å²) >= 11 is 0.